The second-order valence-electron chi connectivity index (χ2n) is 3.01. The van der Waals surface area contributed by atoms with Gasteiger partial charge in [0.05, 0.1) is 17.6 Å². The molecule has 0 aliphatic heterocycles. The van der Waals surface area contributed by atoms with Crippen LogP contribution in [0.5, 0.6) is 0 Å². The normalized spacial score (nSPS) is 10.6. The first-order valence-electron chi connectivity index (χ1n) is 4.07. The van der Waals surface area contributed by atoms with Crippen LogP contribution >= 0.6 is 15.9 Å². The average Bonchev–Trinajstić information content (AvgIpc) is 2.47. The summed E-state index contributed by atoms with van der Waals surface area (Å²) in [5.74, 6) is -0.365. The van der Waals surface area contributed by atoms with Gasteiger partial charge in [-0.3, -0.25) is 9.89 Å². The number of halogens is 1. The van der Waals surface area contributed by atoms with Crippen LogP contribution in [-0.4, -0.2) is 16.1 Å². The van der Waals surface area contributed by atoms with Gasteiger partial charge in [0.2, 0.25) is 5.91 Å². The Balaban J connectivity index is 2.55. The van der Waals surface area contributed by atoms with E-state index in [1.807, 2.05) is 18.2 Å². The number of hydrogen-bond donors (Lipinski definition) is 2. The fraction of sp³-hybridized carbons (Fsp3) is 0.111. The van der Waals surface area contributed by atoms with Crippen LogP contribution in [-0.2, 0) is 11.2 Å². The average molecular weight is 254 g/mol. The van der Waals surface area contributed by atoms with E-state index in [9.17, 15) is 4.79 Å². The first kappa shape index (κ1) is 9.21. The van der Waals surface area contributed by atoms with Crippen molar-refractivity contribution in [2.24, 2.45) is 5.73 Å². The number of aromatic nitrogens is 2. The Hall–Kier alpha value is -1.36. The van der Waals surface area contributed by atoms with Crippen LogP contribution in [0.2, 0.25) is 0 Å². The molecule has 1 aromatic carbocycles. The number of carbonyl (C=O) groups excluding carboxylic acids is 1. The smallest absolute Gasteiger partial charge is 0.223 e. The van der Waals surface area contributed by atoms with Crippen molar-refractivity contribution in [3.05, 3.63) is 28.4 Å². The van der Waals surface area contributed by atoms with Crippen LogP contribution < -0.4 is 5.73 Å². The number of nitrogens with two attached hydrogens (primary N) is 1. The molecule has 0 bridgehead atoms. The van der Waals surface area contributed by atoms with Crippen molar-refractivity contribution in [3.63, 3.8) is 0 Å². The SMILES string of the molecule is NC(=O)Cc1[nH]nc2ccc(Br)cc12. The molecule has 1 amide bonds. The number of benzene rings is 1. The molecule has 0 aliphatic carbocycles. The van der Waals surface area contributed by atoms with Crippen molar-refractivity contribution in [1.82, 2.24) is 10.2 Å². The molecule has 2 rings (SSSR count). The van der Waals surface area contributed by atoms with Crippen molar-refractivity contribution >= 4 is 32.7 Å². The summed E-state index contributed by atoms with van der Waals surface area (Å²) < 4.78 is 0.956. The summed E-state index contributed by atoms with van der Waals surface area (Å²) in [7, 11) is 0. The minimum Gasteiger partial charge on any atom is -0.369 e. The van der Waals surface area contributed by atoms with Gasteiger partial charge in [-0.15, -0.1) is 0 Å². The lowest BCUT2D eigenvalue weighted by molar-refractivity contribution is -0.117. The summed E-state index contributed by atoms with van der Waals surface area (Å²) >= 11 is 3.36. The molecule has 0 aliphatic rings. The van der Waals surface area contributed by atoms with Gasteiger partial charge in [-0.05, 0) is 18.2 Å². The number of primary amides is 1. The van der Waals surface area contributed by atoms with Gasteiger partial charge in [-0.1, -0.05) is 15.9 Å². The summed E-state index contributed by atoms with van der Waals surface area (Å²) in [4.78, 5) is 10.8. The molecule has 2 aromatic rings. The molecule has 1 aromatic heterocycles. The molecule has 0 spiro atoms. The number of aromatic amines is 1. The second kappa shape index (κ2) is 3.42. The number of amides is 1. The van der Waals surface area contributed by atoms with Crippen molar-refractivity contribution < 1.29 is 4.79 Å². The van der Waals surface area contributed by atoms with E-state index in [2.05, 4.69) is 26.1 Å². The standard InChI is InChI=1S/C9H8BrN3O/c10-5-1-2-7-6(3-5)8(13-12-7)4-9(11)14/h1-3H,4H2,(H2,11,14)(H,12,13). The zero-order valence-corrected chi connectivity index (χ0v) is 8.84. The number of fused-ring (bicyclic) bond motifs is 1. The lowest BCUT2D eigenvalue weighted by Gasteiger charge is -1.94. The van der Waals surface area contributed by atoms with Crippen LogP contribution in [0.25, 0.3) is 10.9 Å². The first-order valence-corrected chi connectivity index (χ1v) is 4.87. The van der Waals surface area contributed by atoms with Crippen molar-refractivity contribution in [3.8, 4) is 0 Å². The van der Waals surface area contributed by atoms with Gasteiger partial charge in [0.1, 0.15) is 0 Å². The number of rotatable bonds is 2. The molecular formula is C9H8BrN3O. The highest BCUT2D eigenvalue weighted by molar-refractivity contribution is 9.10. The highest BCUT2D eigenvalue weighted by Gasteiger charge is 2.07. The monoisotopic (exact) mass is 253 g/mol. The van der Waals surface area contributed by atoms with Crippen molar-refractivity contribution in [1.29, 1.82) is 0 Å². The molecule has 72 valence electrons. The van der Waals surface area contributed by atoms with E-state index in [0.29, 0.717) is 0 Å². The van der Waals surface area contributed by atoms with Gasteiger partial charge < -0.3 is 5.73 Å². The molecule has 1 heterocycles. The second-order valence-corrected chi connectivity index (χ2v) is 3.92. The molecule has 3 N–H and O–H groups in total. The summed E-state index contributed by atoms with van der Waals surface area (Å²) in [5.41, 5.74) is 6.71. The molecule has 14 heavy (non-hydrogen) atoms. The summed E-state index contributed by atoms with van der Waals surface area (Å²) in [6.07, 6.45) is 0.187. The summed E-state index contributed by atoms with van der Waals surface area (Å²) in [6.45, 7) is 0. The van der Waals surface area contributed by atoms with Crippen LogP contribution in [0.1, 0.15) is 5.69 Å². The third-order valence-electron chi connectivity index (χ3n) is 1.95. The minimum atomic E-state index is -0.365. The van der Waals surface area contributed by atoms with Crippen molar-refractivity contribution in [2.75, 3.05) is 0 Å². The van der Waals surface area contributed by atoms with Gasteiger partial charge in [-0.25, -0.2) is 0 Å². The molecule has 0 fully saturated rings. The predicted octanol–water partition coefficient (Wildman–Crippen LogP) is 1.35. The van der Waals surface area contributed by atoms with E-state index in [0.717, 1.165) is 21.1 Å². The Morgan fingerprint density at radius 2 is 2.36 bits per heavy atom. The van der Waals surface area contributed by atoms with E-state index in [-0.39, 0.29) is 12.3 Å². The van der Waals surface area contributed by atoms with Gasteiger partial charge in [0, 0.05) is 9.86 Å². The van der Waals surface area contributed by atoms with Gasteiger partial charge in [0.25, 0.3) is 0 Å². The number of H-pyrrole nitrogens is 1. The quantitative estimate of drug-likeness (QED) is 0.849. The molecule has 5 heteroatoms. The highest BCUT2D eigenvalue weighted by atomic mass is 79.9. The topological polar surface area (TPSA) is 71.8 Å². The maximum absolute atomic E-state index is 10.8. The van der Waals surface area contributed by atoms with Gasteiger partial charge >= 0.3 is 0 Å². The largest absolute Gasteiger partial charge is 0.369 e. The third-order valence-corrected chi connectivity index (χ3v) is 2.44. The third kappa shape index (κ3) is 1.63. The number of nitrogens with zero attached hydrogens (tertiary/aromatic N) is 1. The Labute approximate surface area is 88.6 Å². The molecule has 0 saturated carbocycles. The molecule has 0 atom stereocenters. The minimum absolute atomic E-state index is 0.187. The Kier molecular flexibility index (Phi) is 2.25. The fourth-order valence-corrected chi connectivity index (χ4v) is 1.71. The maximum atomic E-state index is 10.8. The zero-order valence-electron chi connectivity index (χ0n) is 7.25. The van der Waals surface area contributed by atoms with Gasteiger partial charge in [0.15, 0.2) is 0 Å². The fourth-order valence-electron chi connectivity index (χ4n) is 1.34. The van der Waals surface area contributed by atoms with Crippen LogP contribution in [0.3, 0.4) is 0 Å². The Bertz CT molecular complexity index is 492. The zero-order chi connectivity index (χ0) is 10.1. The van der Waals surface area contributed by atoms with Crippen molar-refractivity contribution in [2.45, 2.75) is 6.42 Å². The van der Waals surface area contributed by atoms with Crippen LogP contribution in [0.15, 0.2) is 22.7 Å². The first-order chi connectivity index (χ1) is 6.66. The van der Waals surface area contributed by atoms with Gasteiger partial charge in [-0.2, -0.15) is 5.10 Å². The molecule has 0 radical (unpaired) electrons. The van der Waals surface area contributed by atoms with Crippen LogP contribution in [0.4, 0.5) is 0 Å². The lowest BCUT2D eigenvalue weighted by Crippen LogP contribution is -2.13. The Morgan fingerprint density at radius 3 is 3.07 bits per heavy atom. The van der Waals surface area contributed by atoms with E-state index >= 15 is 0 Å². The predicted molar refractivity (Wildman–Crippen MR) is 56.7 cm³/mol. The van der Waals surface area contributed by atoms with Crippen LogP contribution in [0, 0.1) is 0 Å². The van der Waals surface area contributed by atoms with E-state index in [1.54, 1.807) is 0 Å². The van der Waals surface area contributed by atoms with E-state index < -0.39 is 0 Å². The maximum Gasteiger partial charge on any atom is 0.223 e. The molecule has 0 saturated heterocycles. The lowest BCUT2D eigenvalue weighted by atomic mass is 10.2. The summed E-state index contributed by atoms with van der Waals surface area (Å²) in [6, 6.07) is 5.69. The Morgan fingerprint density at radius 1 is 1.57 bits per heavy atom. The number of hydrogen-bond acceptors (Lipinski definition) is 2. The molecule has 4 nitrogen and oxygen atoms in total. The molecular weight excluding hydrogens is 246 g/mol. The van der Waals surface area contributed by atoms with E-state index in [1.165, 1.54) is 0 Å². The summed E-state index contributed by atoms with van der Waals surface area (Å²) in [5, 5.41) is 7.79. The highest BCUT2D eigenvalue weighted by Crippen LogP contribution is 2.20. The number of nitrogens with one attached hydrogen (secondary N) is 1. The number of carbonyl (C=O) groups is 1. The van der Waals surface area contributed by atoms with E-state index in [4.69, 9.17) is 5.73 Å². The molecule has 0 unspecified atom stereocenters.